The van der Waals surface area contributed by atoms with Crippen LogP contribution in [0.5, 0.6) is 5.75 Å². The quantitative estimate of drug-likeness (QED) is 0.864. The maximum Gasteiger partial charge on any atom is 0.323 e. The van der Waals surface area contributed by atoms with E-state index in [1.165, 1.54) is 7.05 Å². The summed E-state index contributed by atoms with van der Waals surface area (Å²) in [5, 5.41) is 18.9. The van der Waals surface area contributed by atoms with Gasteiger partial charge in [-0.05, 0) is 42.9 Å². The lowest BCUT2D eigenvalue weighted by atomic mass is 9.89. The standard InChI is InChI=1S/C14H17NO4/c1-15(8-12(16)17)14(19)11-7-6-9-4-2-3-5-10(9)13(11)18/h6-7,18H,2-5,8H2,1H3,(H,16,17). The lowest BCUT2D eigenvalue weighted by molar-refractivity contribution is -0.137. The van der Waals surface area contributed by atoms with Crippen LogP contribution in [-0.2, 0) is 17.6 Å². The number of aromatic hydroxyl groups is 1. The second-order valence-electron chi connectivity index (χ2n) is 4.86. The van der Waals surface area contributed by atoms with Gasteiger partial charge in [0.2, 0.25) is 0 Å². The fourth-order valence-corrected chi connectivity index (χ4v) is 2.46. The van der Waals surface area contributed by atoms with Crippen LogP contribution in [0.4, 0.5) is 0 Å². The normalized spacial score (nSPS) is 13.7. The summed E-state index contributed by atoms with van der Waals surface area (Å²) >= 11 is 0. The summed E-state index contributed by atoms with van der Waals surface area (Å²) in [5.41, 5.74) is 2.10. The first-order valence-electron chi connectivity index (χ1n) is 6.31. The van der Waals surface area contributed by atoms with Crippen LogP contribution in [0.15, 0.2) is 12.1 Å². The van der Waals surface area contributed by atoms with E-state index in [4.69, 9.17) is 5.11 Å². The van der Waals surface area contributed by atoms with Crippen LogP contribution < -0.4 is 0 Å². The molecular weight excluding hydrogens is 246 g/mol. The number of rotatable bonds is 3. The van der Waals surface area contributed by atoms with Crippen LogP contribution in [0, 0.1) is 0 Å². The van der Waals surface area contributed by atoms with Crippen LogP contribution in [0.3, 0.4) is 0 Å². The number of carbonyl (C=O) groups excluding carboxylic acids is 1. The van der Waals surface area contributed by atoms with E-state index >= 15 is 0 Å². The van der Waals surface area contributed by atoms with Gasteiger partial charge in [-0.1, -0.05) is 6.07 Å². The number of aliphatic carboxylic acids is 1. The molecule has 0 radical (unpaired) electrons. The third-order valence-electron chi connectivity index (χ3n) is 3.45. The van der Waals surface area contributed by atoms with Gasteiger partial charge in [-0.2, -0.15) is 0 Å². The molecule has 0 fully saturated rings. The minimum atomic E-state index is -1.08. The number of carboxylic acids is 1. The predicted molar refractivity (Wildman–Crippen MR) is 69.3 cm³/mol. The number of carboxylic acid groups (broad SMARTS) is 1. The molecule has 2 rings (SSSR count). The third-order valence-corrected chi connectivity index (χ3v) is 3.45. The van der Waals surface area contributed by atoms with Crippen molar-refractivity contribution in [1.82, 2.24) is 4.90 Å². The zero-order valence-electron chi connectivity index (χ0n) is 10.8. The van der Waals surface area contributed by atoms with Crippen LogP contribution in [-0.4, -0.2) is 40.6 Å². The van der Waals surface area contributed by atoms with Gasteiger partial charge in [0.25, 0.3) is 5.91 Å². The molecule has 19 heavy (non-hydrogen) atoms. The minimum absolute atomic E-state index is 0.0134. The molecule has 1 aromatic carbocycles. The number of phenols is 1. The van der Waals surface area contributed by atoms with Crippen molar-refractivity contribution < 1.29 is 19.8 Å². The zero-order chi connectivity index (χ0) is 14.0. The van der Waals surface area contributed by atoms with E-state index in [1.807, 2.05) is 6.07 Å². The molecule has 0 aliphatic heterocycles. The molecule has 0 atom stereocenters. The Morgan fingerprint density at radius 2 is 1.95 bits per heavy atom. The molecule has 0 heterocycles. The Morgan fingerprint density at radius 1 is 1.26 bits per heavy atom. The highest BCUT2D eigenvalue weighted by atomic mass is 16.4. The van der Waals surface area contributed by atoms with E-state index in [0.29, 0.717) is 0 Å². The molecule has 1 aliphatic rings. The van der Waals surface area contributed by atoms with Crippen molar-refractivity contribution in [3.63, 3.8) is 0 Å². The van der Waals surface area contributed by atoms with Gasteiger partial charge in [-0.3, -0.25) is 9.59 Å². The fraction of sp³-hybridized carbons (Fsp3) is 0.429. The molecule has 0 saturated heterocycles. The first kappa shape index (κ1) is 13.4. The van der Waals surface area contributed by atoms with Crippen LogP contribution >= 0.6 is 0 Å². The Labute approximate surface area is 111 Å². The van der Waals surface area contributed by atoms with Gasteiger partial charge < -0.3 is 15.1 Å². The molecule has 0 bridgehead atoms. The highest BCUT2D eigenvalue weighted by Gasteiger charge is 2.22. The number of benzene rings is 1. The highest BCUT2D eigenvalue weighted by molar-refractivity contribution is 5.98. The molecule has 5 heteroatoms. The summed E-state index contributed by atoms with van der Waals surface area (Å²) in [6, 6.07) is 3.44. The van der Waals surface area contributed by atoms with Crippen molar-refractivity contribution in [3.05, 3.63) is 28.8 Å². The molecule has 1 aliphatic carbocycles. The summed E-state index contributed by atoms with van der Waals surface area (Å²) in [6.07, 6.45) is 3.79. The summed E-state index contributed by atoms with van der Waals surface area (Å²) in [6.45, 7) is -0.380. The predicted octanol–water partition coefficient (Wildman–Crippen LogP) is 1.43. The van der Waals surface area contributed by atoms with Crippen molar-refractivity contribution in [3.8, 4) is 5.75 Å². The Morgan fingerprint density at radius 3 is 2.63 bits per heavy atom. The number of likely N-dealkylation sites (N-methyl/N-ethyl adjacent to an activating group) is 1. The Kier molecular flexibility index (Phi) is 3.74. The Balaban J connectivity index is 2.30. The van der Waals surface area contributed by atoms with Gasteiger partial charge in [0.1, 0.15) is 12.3 Å². The molecule has 102 valence electrons. The van der Waals surface area contributed by atoms with Crippen LogP contribution in [0.2, 0.25) is 0 Å². The van der Waals surface area contributed by atoms with Crippen molar-refractivity contribution in [2.45, 2.75) is 25.7 Å². The fourth-order valence-electron chi connectivity index (χ4n) is 2.46. The van der Waals surface area contributed by atoms with E-state index in [-0.39, 0.29) is 17.9 Å². The third kappa shape index (κ3) is 2.70. The highest BCUT2D eigenvalue weighted by Crippen LogP contribution is 2.32. The molecule has 1 amide bonds. The maximum absolute atomic E-state index is 12.1. The molecule has 0 unspecified atom stereocenters. The van der Waals surface area contributed by atoms with Gasteiger partial charge in [0.15, 0.2) is 0 Å². The zero-order valence-corrected chi connectivity index (χ0v) is 10.8. The Bertz CT molecular complexity index is 524. The van der Waals surface area contributed by atoms with Gasteiger partial charge in [-0.15, -0.1) is 0 Å². The number of carbonyl (C=O) groups is 2. The number of nitrogens with zero attached hydrogens (tertiary/aromatic N) is 1. The molecule has 0 aromatic heterocycles. The molecule has 5 nitrogen and oxygen atoms in total. The van der Waals surface area contributed by atoms with Crippen molar-refractivity contribution in [1.29, 1.82) is 0 Å². The summed E-state index contributed by atoms with van der Waals surface area (Å²) in [5.74, 6) is -1.53. The SMILES string of the molecule is CN(CC(=O)O)C(=O)c1ccc2c(c1O)CCCC2. The van der Waals surface area contributed by atoms with E-state index in [9.17, 15) is 14.7 Å². The van der Waals surface area contributed by atoms with Crippen LogP contribution in [0.25, 0.3) is 0 Å². The monoisotopic (exact) mass is 263 g/mol. The average Bonchev–Trinajstić information content (AvgIpc) is 2.38. The topological polar surface area (TPSA) is 77.8 Å². The molecule has 1 aromatic rings. The minimum Gasteiger partial charge on any atom is -0.507 e. The molecular formula is C14H17NO4. The van der Waals surface area contributed by atoms with Crippen molar-refractivity contribution >= 4 is 11.9 Å². The van der Waals surface area contributed by atoms with Gasteiger partial charge in [0, 0.05) is 7.05 Å². The van der Waals surface area contributed by atoms with Crippen molar-refractivity contribution in [2.75, 3.05) is 13.6 Å². The van der Waals surface area contributed by atoms with Crippen LogP contribution in [0.1, 0.15) is 34.3 Å². The first-order chi connectivity index (χ1) is 9.00. The van der Waals surface area contributed by atoms with Gasteiger partial charge in [0.05, 0.1) is 5.56 Å². The van der Waals surface area contributed by atoms with Gasteiger partial charge in [-0.25, -0.2) is 0 Å². The Hall–Kier alpha value is -2.04. The lowest BCUT2D eigenvalue weighted by Gasteiger charge is -2.21. The number of hydrogen-bond acceptors (Lipinski definition) is 3. The van der Waals surface area contributed by atoms with Crippen molar-refractivity contribution in [2.24, 2.45) is 0 Å². The second-order valence-corrected chi connectivity index (χ2v) is 4.86. The van der Waals surface area contributed by atoms with Gasteiger partial charge >= 0.3 is 5.97 Å². The van der Waals surface area contributed by atoms with E-state index in [2.05, 4.69) is 0 Å². The number of phenolic OH excluding ortho intramolecular Hbond substituents is 1. The molecule has 0 spiro atoms. The molecule has 0 saturated carbocycles. The smallest absolute Gasteiger partial charge is 0.323 e. The maximum atomic E-state index is 12.1. The summed E-state index contributed by atoms with van der Waals surface area (Å²) in [4.78, 5) is 23.8. The average molecular weight is 263 g/mol. The number of fused-ring (bicyclic) bond motifs is 1. The summed E-state index contributed by atoms with van der Waals surface area (Å²) in [7, 11) is 1.41. The number of aryl methyl sites for hydroxylation is 1. The number of amides is 1. The second kappa shape index (κ2) is 5.30. The molecule has 2 N–H and O–H groups in total. The van der Waals surface area contributed by atoms with E-state index < -0.39 is 11.9 Å². The lowest BCUT2D eigenvalue weighted by Crippen LogP contribution is -2.32. The number of hydrogen-bond donors (Lipinski definition) is 2. The first-order valence-corrected chi connectivity index (χ1v) is 6.31. The largest absolute Gasteiger partial charge is 0.507 e. The summed E-state index contributed by atoms with van der Waals surface area (Å²) < 4.78 is 0. The van der Waals surface area contributed by atoms with E-state index in [1.54, 1.807) is 6.07 Å². The van der Waals surface area contributed by atoms with E-state index in [0.717, 1.165) is 41.7 Å².